The minimum Gasteiger partial charge on any atom is -0.457 e. The minimum atomic E-state index is -1.36. The van der Waals surface area contributed by atoms with Crippen LogP contribution in [0, 0.1) is 0 Å². The number of carbonyl (C=O) groups excluding carboxylic acids is 4. The molecule has 2 heterocycles. The van der Waals surface area contributed by atoms with Crippen LogP contribution in [0.3, 0.4) is 0 Å². The van der Waals surface area contributed by atoms with Gasteiger partial charge in [0, 0.05) is 56.6 Å². The lowest BCUT2D eigenvalue weighted by molar-refractivity contribution is 0.0857. The minimum absolute atomic E-state index is 0.104. The molecule has 0 N–H and O–H groups in total. The monoisotopic (exact) mass is 1050 g/mol. The molecule has 0 aromatic heterocycles. The summed E-state index contributed by atoms with van der Waals surface area (Å²) < 4.78 is 61.7. The molecule has 0 aliphatic carbocycles. The molecule has 2 aliphatic rings. The number of ether oxygens (including phenoxy) is 10. The smallest absolute Gasteiger partial charge is 0.457 e. The summed E-state index contributed by atoms with van der Waals surface area (Å²) in [4.78, 5) is 53.9. The molecule has 0 radical (unpaired) electrons. The third-order valence-corrected chi connectivity index (χ3v) is 13.9. The van der Waals surface area contributed by atoms with E-state index < -0.39 is 24.6 Å². The Hall–Kier alpha value is -9.04. The maximum Gasteiger partial charge on any atom is 0.524 e. The van der Waals surface area contributed by atoms with Crippen molar-refractivity contribution >= 4 is 67.7 Å². The Bertz CT molecular complexity index is 3420. The van der Waals surface area contributed by atoms with Gasteiger partial charge in [0.1, 0.15) is 69.0 Å². The predicted molar refractivity (Wildman–Crippen MR) is 295 cm³/mol. The maximum absolute atomic E-state index is 13.5. The Morgan fingerprint density at radius 1 is 0.256 bits per heavy atom. The molecule has 14 nitrogen and oxygen atoms in total. The van der Waals surface area contributed by atoms with Crippen molar-refractivity contribution in [3.63, 3.8) is 0 Å². The normalized spacial score (nSPS) is 14.1. The van der Waals surface area contributed by atoms with Crippen molar-refractivity contribution in [3.05, 3.63) is 144 Å². The molecule has 11 rings (SSSR count). The first kappa shape index (κ1) is 51.1. The van der Waals surface area contributed by atoms with Gasteiger partial charge in [-0.25, -0.2) is 19.2 Å². The quantitative estimate of drug-likeness (QED) is 0.0465. The number of benzene rings is 9. The molecule has 0 saturated carbocycles. The zero-order valence-corrected chi connectivity index (χ0v) is 45.3. The van der Waals surface area contributed by atoms with Crippen LogP contribution in [0.4, 0.5) is 19.2 Å². The number of carbonyl (C=O) groups is 4. The lowest BCUT2D eigenvalue weighted by atomic mass is 9.86. The third-order valence-electron chi connectivity index (χ3n) is 13.9. The molecule has 9 aromatic carbocycles. The molecule has 0 atom stereocenters. The molecule has 14 heteroatoms. The van der Waals surface area contributed by atoms with Crippen molar-refractivity contribution in [1.29, 1.82) is 0 Å². The van der Waals surface area contributed by atoms with Crippen molar-refractivity contribution in [2.24, 2.45) is 0 Å². The highest BCUT2D eigenvalue weighted by molar-refractivity contribution is 6.40. The standard InChI is InChI=1S/C64H56O14/c1-61(2,3)33-13-21-37(22-14-33)69-45-29-41-49-42(74-58(66)77-57(65)73-41)31-47(71-39-25-17-35(18-26-39)63(7,8)9)53-54-48(72-40-27-19-36(20-28-40)64(10,11)12)32-44-50-43(75-59(67)78-60(68)76-44)30-46(52(56(50)54)51(45)55(49)53)70-38-23-15-34(16-24-38)62(4,5)6/h13-32H,1-12H3. The van der Waals surface area contributed by atoms with Crippen LogP contribution in [-0.2, 0) is 31.1 Å². The highest BCUT2D eigenvalue weighted by atomic mass is 16.8. The second-order valence-corrected chi connectivity index (χ2v) is 23.6. The summed E-state index contributed by atoms with van der Waals surface area (Å²) in [6, 6.07) is 36.3. The number of fused-ring (bicyclic) bond motifs is 2. The molecule has 0 bridgehead atoms. The Kier molecular flexibility index (Phi) is 12.0. The van der Waals surface area contributed by atoms with E-state index in [1.54, 1.807) is 0 Å². The summed E-state index contributed by atoms with van der Waals surface area (Å²) in [5, 5.41) is 2.07. The summed E-state index contributed by atoms with van der Waals surface area (Å²) in [6.45, 7) is 25.2. The van der Waals surface area contributed by atoms with Crippen LogP contribution in [-0.4, -0.2) is 24.6 Å². The summed E-state index contributed by atoms with van der Waals surface area (Å²) >= 11 is 0. The zero-order valence-electron chi connectivity index (χ0n) is 45.3. The van der Waals surface area contributed by atoms with E-state index in [2.05, 4.69) is 83.1 Å². The second-order valence-electron chi connectivity index (χ2n) is 23.6. The SMILES string of the molecule is CC(C)(C)c1ccc(Oc2cc3c4c(cc(Oc5ccc(C(C)(C)C)cc5)c5c6c(Oc7ccc(C(C)(C)C)cc7)cc7c8c(cc(Oc9ccc(C(C)(C)C)cc9)c(c2c45)c86)OC(=O)OC(=O)O7)OC(=O)OC(=O)O3)cc1. The van der Waals surface area contributed by atoms with Gasteiger partial charge in [0.25, 0.3) is 0 Å². The van der Waals surface area contributed by atoms with E-state index >= 15 is 0 Å². The summed E-state index contributed by atoms with van der Waals surface area (Å²) in [6.07, 6.45) is -5.44. The van der Waals surface area contributed by atoms with Crippen molar-refractivity contribution in [2.75, 3.05) is 0 Å². The van der Waals surface area contributed by atoms with Gasteiger partial charge in [0.2, 0.25) is 0 Å². The largest absolute Gasteiger partial charge is 0.524 e. The average molecular weight is 1050 g/mol. The molecule has 78 heavy (non-hydrogen) atoms. The van der Waals surface area contributed by atoms with E-state index in [-0.39, 0.29) is 89.2 Å². The lowest BCUT2D eigenvalue weighted by Gasteiger charge is -2.27. The van der Waals surface area contributed by atoms with E-state index in [1.165, 1.54) is 24.3 Å². The van der Waals surface area contributed by atoms with Crippen LogP contribution in [0.15, 0.2) is 121 Å². The van der Waals surface area contributed by atoms with Crippen LogP contribution in [0.2, 0.25) is 0 Å². The van der Waals surface area contributed by atoms with Gasteiger partial charge in [0.15, 0.2) is 0 Å². The van der Waals surface area contributed by atoms with Gasteiger partial charge in [-0.05, 0) is 92.4 Å². The molecular formula is C64H56O14. The van der Waals surface area contributed by atoms with Gasteiger partial charge in [-0.15, -0.1) is 0 Å². The molecule has 396 valence electrons. The van der Waals surface area contributed by atoms with Crippen LogP contribution in [0.5, 0.6) is 69.0 Å². The molecule has 9 aromatic rings. The third kappa shape index (κ3) is 9.52. The number of hydrogen-bond donors (Lipinski definition) is 0. The van der Waals surface area contributed by atoms with Crippen molar-refractivity contribution < 1.29 is 66.5 Å². The molecule has 0 unspecified atom stereocenters. The second kappa shape index (κ2) is 18.3. The van der Waals surface area contributed by atoms with Gasteiger partial charge >= 0.3 is 24.6 Å². The molecule has 0 amide bonds. The van der Waals surface area contributed by atoms with Gasteiger partial charge < -0.3 is 47.4 Å². The fraction of sp³-hybridized carbons (Fsp3) is 0.250. The average Bonchev–Trinajstić information content (AvgIpc) is 1.88. The lowest BCUT2D eigenvalue weighted by Crippen LogP contribution is -2.22. The van der Waals surface area contributed by atoms with E-state index in [0.29, 0.717) is 44.5 Å². The summed E-state index contributed by atoms with van der Waals surface area (Å²) in [7, 11) is 0. The summed E-state index contributed by atoms with van der Waals surface area (Å²) in [5.41, 5.74) is 3.36. The zero-order chi connectivity index (χ0) is 55.4. The highest BCUT2D eigenvalue weighted by Gasteiger charge is 2.36. The van der Waals surface area contributed by atoms with E-state index in [1.807, 2.05) is 97.1 Å². The predicted octanol–water partition coefficient (Wildman–Crippen LogP) is 18.2. The molecular weight excluding hydrogens is 993 g/mol. The van der Waals surface area contributed by atoms with E-state index in [9.17, 15) is 19.2 Å². The van der Waals surface area contributed by atoms with Crippen LogP contribution in [0.25, 0.3) is 43.1 Å². The first-order chi connectivity index (χ1) is 36.8. The Balaban J connectivity index is 1.35. The van der Waals surface area contributed by atoms with Crippen molar-refractivity contribution in [2.45, 2.75) is 105 Å². The van der Waals surface area contributed by atoms with Gasteiger partial charge in [-0.2, -0.15) is 0 Å². The molecule has 2 aliphatic heterocycles. The number of rotatable bonds is 8. The highest BCUT2D eigenvalue weighted by Crippen LogP contribution is 2.61. The summed E-state index contributed by atoms with van der Waals surface area (Å²) in [5.74, 6) is 1.61. The van der Waals surface area contributed by atoms with Gasteiger partial charge in [-0.3, -0.25) is 0 Å². The van der Waals surface area contributed by atoms with Crippen molar-refractivity contribution in [3.8, 4) is 69.0 Å². The Labute approximate surface area is 449 Å². The fourth-order valence-corrected chi connectivity index (χ4v) is 9.85. The number of cyclic esters (lactones) is 4. The maximum atomic E-state index is 13.5. The first-order valence-corrected chi connectivity index (χ1v) is 25.5. The Morgan fingerprint density at radius 3 is 0.628 bits per heavy atom. The Morgan fingerprint density at radius 2 is 0.449 bits per heavy atom. The van der Waals surface area contributed by atoms with Crippen LogP contribution in [0.1, 0.15) is 105 Å². The van der Waals surface area contributed by atoms with Crippen molar-refractivity contribution in [1.82, 2.24) is 0 Å². The molecule has 0 saturated heterocycles. The van der Waals surface area contributed by atoms with Gasteiger partial charge in [-0.1, -0.05) is 132 Å². The number of hydrogen-bond acceptors (Lipinski definition) is 14. The van der Waals surface area contributed by atoms with Gasteiger partial charge in [0.05, 0.1) is 10.8 Å². The van der Waals surface area contributed by atoms with Crippen LogP contribution >= 0.6 is 0 Å². The van der Waals surface area contributed by atoms with E-state index in [4.69, 9.17) is 47.4 Å². The van der Waals surface area contributed by atoms with E-state index in [0.717, 1.165) is 22.3 Å². The molecule has 0 fully saturated rings. The fourth-order valence-electron chi connectivity index (χ4n) is 9.85. The topological polar surface area (TPSA) is 161 Å². The molecule has 0 spiro atoms. The van der Waals surface area contributed by atoms with Crippen LogP contribution < -0.4 is 37.9 Å². The first-order valence-electron chi connectivity index (χ1n) is 25.5.